The van der Waals surface area contributed by atoms with Crippen LogP contribution in [0.15, 0.2) is 23.3 Å². The normalized spacial score (nSPS) is 15.9. The molecule has 2 rings (SSSR count). The van der Waals surface area contributed by atoms with E-state index in [4.69, 9.17) is 0 Å². The highest BCUT2D eigenvalue weighted by Gasteiger charge is 2.06. The van der Waals surface area contributed by atoms with Gasteiger partial charge in [-0.2, -0.15) is 0 Å². The number of aromatic nitrogens is 1. The summed E-state index contributed by atoms with van der Waals surface area (Å²) in [6.45, 7) is 3.81. The minimum atomic E-state index is 0.776. The summed E-state index contributed by atoms with van der Waals surface area (Å²) in [5.41, 5.74) is 2.33. The molecule has 0 unspecified atom stereocenters. The van der Waals surface area contributed by atoms with Crippen molar-refractivity contribution in [1.82, 2.24) is 10.3 Å². The van der Waals surface area contributed by atoms with Crippen LogP contribution in [0.3, 0.4) is 0 Å². The van der Waals surface area contributed by atoms with Crippen LogP contribution in [0.1, 0.15) is 17.7 Å². The molecule has 1 aromatic rings. The van der Waals surface area contributed by atoms with E-state index in [9.17, 15) is 0 Å². The second-order valence-electron chi connectivity index (χ2n) is 3.51. The van der Waals surface area contributed by atoms with Gasteiger partial charge in [-0.05, 0) is 25.0 Å². The summed E-state index contributed by atoms with van der Waals surface area (Å²) >= 11 is 1.80. The number of aliphatic imine (C=N–C) groups is 1. The topological polar surface area (TPSA) is 37.3 Å². The van der Waals surface area contributed by atoms with Crippen molar-refractivity contribution in [1.29, 1.82) is 0 Å². The van der Waals surface area contributed by atoms with Crippen LogP contribution < -0.4 is 5.32 Å². The van der Waals surface area contributed by atoms with Crippen molar-refractivity contribution in [2.24, 2.45) is 4.99 Å². The maximum absolute atomic E-state index is 4.41. The summed E-state index contributed by atoms with van der Waals surface area (Å²) in [6, 6.07) is 4.05. The second-order valence-corrected chi connectivity index (χ2v) is 4.59. The molecule has 0 atom stereocenters. The highest BCUT2D eigenvalue weighted by molar-refractivity contribution is 8.13. The lowest BCUT2D eigenvalue weighted by molar-refractivity contribution is 0.849. The molecule has 1 aliphatic rings. The highest BCUT2D eigenvalue weighted by atomic mass is 32.2. The van der Waals surface area contributed by atoms with Crippen molar-refractivity contribution in [2.75, 3.05) is 12.3 Å². The number of rotatable bonds is 2. The number of hydrogen-bond donors (Lipinski definition) is 1. The summed E-state index contributed by atoms with van der Waals surface area (Å²) in [7, 11) is 0. The Morgan fingerprint density at radius 3 is 3.20 bits per heavy atom. The van der Waals surface area contributed by atoms with E-state index >= 15 is 0 Å². The number of aryl methyl sites for hydroxylation is 1. The van der Waals surface area contributed by atoms with Gasteiger partial charge in [0.2, 0.25) is 0 Å². The third-order valence-corrected chi connectivity index (χ3v) is 3.36. The van der Waals surface area contributed by atoms with Crippen molar-refractivity contribution in [3.8, 4) is 0 Å². The lowest BCUT2D eigenvalue weighted by Crippen LogP contribution is -2.23. The number of nitrogens with zero attached hydrogens (tertiary/aromatic N) is 2. The van der Waals surface area contributed by atoms with Gasteiger partial charge in [0.05, 0.1) is 12.2 Å². The van der Waals surface area contributed by atoms with Gasteiger partial charge in [-0.1, -0.05) is 17.8 Å². The molecule has 0 bridgehead atoms. The molecule has 4 heteroatoms. The van der Waals surface area contributed by atoms with Gasteiger partial charge in [0.15, 0.2) is 5.17 Å². The molecule has 0 saturated heterocycles. The molecule has 3 nitrogen and oxygen atoms in total. The molecular formula is C11H15N3S. The van der Waals surface area contributed by atoms with Crippen LogP contribution in [0.4, 0.5) is 0 Å². The van der Waals surface area contributed by atoms with Crippen LogP contribution in [0.25, 0.3) is 0 Å². The number of amidine groups is 1. The summed E-state index contributed by atoms with van der Waals surface area (Å²) in [4.78, 5) is 8.75. The van der Waals surface area contributed by atoms with E-state index in [0.717, 1.165) is 24.0 Å². The van der Waals surface area contributed by atoms with E-state index in [1.807, 2.05) is 12.3 Å². The zero-order valence-electron chi connectivity index (χ0n) is 8.86. The van der Waals surface area contributed by atoms with Crippen LogP contribution in [-0.4, -0.2) is 22.4 Å². The summed E-state index contributed by atoms with van der Waals surface area (Å²) in [5, 5.41) is 4.39. The van der Waals surface area contributed by atoms with Crippen molar-refractivity contribution >= 4 is 16.9 Å². The summed E-state index contributed by atoms with van der Waals surface area (Å²) in [5.74, 6) is 1.17. The van der Waals surface area contributed by atoms with Crippen LogP contribution in [0, 0.1) is 6.92 Å². The Hall–Kier alpha value is -1.03. The first kappa shape index (κ1) is 10.5. The largest absolute Gasteiger partial charge is 0.359 e. The van der Waals surface area contributed by atoms with Crippen LogP contribution in [0.2, 0.25) is 0 Å². The van der Waals surface area contributed by atoms with Crippen LogP contribution in [-0.2, 0) is 6.54 Å². The van der Waals surface area contributed by atoms with Crippen LogP contribution >= 0.6 is 11.8 Å². The first-order valence-electron chi connectivity index (χ1n) is 5.18. The van der Waals surface area contributed by atoms with E-state index in [-0.39, 0.29) is 0 Å². The Balaban J connectivity index is 1.93. The van der Waals surface area contributed by atoms with E-state index in [0.29, 0.717) is 0 Å². The van der Waals surface area contributed by atoms with Crippen molar-refractivity contribution in [3.63, 3.8) is 0 Å². The fraction of sp³-hybridized carbons (Fsp3) is 0.455. The van der Waals surface area contributed by atoms with E-state index in [1.165, 1.54) is 17.7 Å². The molecule has 0 aromatic carbocycles. The lowest BCUT2D eigenvalue weighted by Gasteiger charge is -2.13. The number of nitrogens with one attached hydrogen (secondary N) is 1. The van der Waals surface area contributed by atoms with Gasteiger partial charge in [0.1, 0.15) is 0 Å². The Morgan fingerprint density at radius 2 is 2.47 bits per heavy atom. The predicted molar refractivity (Wildman–Crippen MR) is 65.2 cm³/mol. The standard InChI is InChI=1S/C11H15N3S/c1-9-4-2-5-12-10(9)8-14-11-13-6-3-7-15-11/h2,4-5H,3,6-8H2,1H3,(H,13,14). The van der Waals surface area contributed by atoms with Crippen molar-refractivity contribution in [3.05, 3.63) is 29.6 Å². The summed E-state index contributed by atoms with van der Waals surface area (Å²) < 4.78 is 0. The second kappa shape index (κ2) is 5.16. The van der Waals surface area contributed by atoms with Gasteiger partial charge in [-0.3, -0.25) is 9.98 Å². The zero-order valence-corrected chi connectivity index (χ0v) is 9.68. The predicted octanol–water partition coefficient (Wildman–Crippen LogP) is 1.97. The smallest absolute Gasteiger partial charge is 0.156 e. The van der Waals surface area contributed by atoms with Gasteiger partial charge in [-0.15, -0.1) is 0 Å². The number of thioether (sulfide) groups is 1. The van der Waals surface area contributed by atoms with Gasteiger partial charge >= 0.3 is 0 Å². The maximum atomic E-state index is 4.41. The molecule has 1 N–H and O–H groups in total. The molecule has 0 amide bonds. The van der Waals surface area contributed by atoms with Crippen LogP contribution in [0.5, 0.6) is 0 Å². The molecule has 2 heterocycles. The number of pyridine rings is 1. The molecule has 0 radical (unpaired) electrons. The minimum absolute atomic E-state index is 0.776. The molecule has 0 spiro atoms. The van der Waals surface area contributed by atoms with Crippen molar-refractivity contribution in [2.45, 2.75) is 19.9 Å². The molecule has 80 valence electrons. The Bertz CT molecular complexity index is 363. The Labute approximate surface area is 94.4 Å². The molecule has 0 saturated carbocycles. The fourth-order valence-electron chi connectivity index (χ4n) is 1.43. The van der Waals surface area contributed by atoms with Gasteiger partial charge in [-0.25, -0.2) is 0 Å². The first-order valence-corrected chi connectivity index (χ1v) is 6.16. The molecule has 15 heavy (non-hydrogen) atoms. The van der Waals surface area contributed by atoms with Gasteiger partial charge in [0.25, 0.3) is 0 Å². The molecule has 0 fully saturated rings. The molecule has 1 aromatic heterocycles. The third-order valence-electron chi connectivity index (χ3n) is 2.32. The summed E-state index contributed by atoms with van der Waals surface area (Å²) in [6.07, 6.45) is 3.03. The minimum Gasteiger partial charge on any atom is -0.359 e. The molecular weight excluding hydrogens is 206 g/mol. The monoisotopic (exact) mass is 221 g/mol. The average molecular weight is 221 g/mol. The Kier molecular flexibility index (Phi) is 3.61. The van der Waals surface area contributed by atoms with E-state index < -0.39 is 0 Å². The quantitative estimate of drug-likeness (QED) is 0.829. The zero-order chi connectivity index (χ0) is 10.5. The van der Waals surface area contributed by atoms with Gasteiger partial charge < -0.3 is 5.32 Å². The highest BCUT2D eigenvalue weighted by Crippen LogP contribution is 2.11. The average Bonchev–Trinajstić information content (AvgIpc) is 2.29. The SMILES string of the molecule is Cc1cccnc1CNC1=NCCCS1. The maximum Gasteiger partial charge on any atom is 0.156 e. The third kappa shape index (κ3) is 2.96. The number of hydrogen-bond acceptors (Lipinski definition) is 4. The van der Waals surface area contributed by atoms with E-state index in [2.05, 4.69) is 28.3 Å². The van der Waals surface area contributed by atoms with Gasteiger partial charge in [0, 0.05) is 18.5 Å². The molecule has 1 aliphatic heterocycles. The molecule has 0 aliphatic carbocycles. The fourth-order valence-corrected chi connectivity index (χ4v) is 2.25. The van der Waals surface area contributed by atoms with Crippen molar-refractivity contribution < 1.29 is 0 Å². The van der Waals surface area contributed by atoms with E-state index in [1.54, 1.807) is 11.8 Å². The lowest BCUT2D eigenvalue weighted by atomic mass is 10.2. The Morgan fingerprint density at radius 1 is 1.53 bits per heavy atom. The first-order chi connectivity index (χ1) is 7.36.